The lowest BCUT2D eigenvalue weighted by molar-refractivity contribution is -0.151. The second kappa shape index (κ2) is 6.54. The highest BCUT2D eigenvalue weighted by molar-refractivity contribution is 5.86. The fraction of sp³-hybridized carbons (Fsp3) is 0.875. The zero-order valence-electron chi connectivity index (χ0n) is 14.0. The van der Waals surface area contributed by atoms with Crippen molar-refractivity contribution < 1.29 is 14.7 Å². The summed E-state index contributed by atoms with van der Waals surface area (Å²) in [6.45, 7) is 2.75. The summed E-state index contributed by atoms with van der Waals surface area (Å²) >= 11 is 0. The third-order valence-electron chi connectivity index (χ3n) is 5.40. The molecule has 22 heavy (non-hydrogen) atoms. The molecular formula is C16H29N3O3. The molecule has 0 bridgehead atoms. The van der Waals surface area contributed by atoms with E-state index in [0.717, 1.165) is 12.8 Å². The van der Waals surface area contributed by atoms with E-state index in [1.807, 2.05) is 14.1 Å². The maximum Gasteiger partial charge on any atom is 0.253 e. The summed E-state index contributed by atoms with van der Waals surface area (Å²) in [4.78, 5) is 27.7. The topological polar surface area (TPSA) is 72.9 Å². The maximum absolute atomic E-state index is 12.5. The van der Waals surface area contributed by atoms with Crippen molar-refractivity contribution in [1.29, 1.82) is 0 Å². The highest BCUT2D eigenvalue weighted by Gasteiger charge is 2.43. The van der Waals surface area contributed by atoms with Gasteiger partial charge in [-0.15, -0.1) is 0 Å². The van der Waals surface area contributed by atoms with E-state index in [2.05, 4.69) is 10.2 Å². The van der Waals surface area contributed by atoms with Gasteiger partial charge in [-0.3, -0.25) is 9.59 Å². The number of piperidine rings is 1. The van der Waals surface area contributed by atoms with Crippen LogP contribution >= 0.6 is 0 Å². The first-order chi connectivity index (χ1) is 10.3. The monoisotopic (exact) mass is 311 g/mol. The van der Waals surface area contributed by atoms with Crippen LogP contribution in [0.1, 0.15) is 45.4 Å². The predicted octanol–water partition coefficient (Wildman–Crippen LogP) is 0.350. The van der Waals surface area contributed by atoms with Crippen molar-refractivity contribution in [2.75, 3.05) is 33.7 Å². The smallest absolute Gasteiger partial charge is 0.253 e. The van der Waals surface area contributed by atoms with Crippen molar-refractivity contribution in [2.24, 2.45) is 0 Å². The Hall–Kier alpha value is -1.14. The van der Waals surface area contributed by atoms with Crippen LogP contribution in [0.5, 0.6) is 0 Å². The zero-order chi connectivity index (χ0) is 16.4. The van der Waals surface area contributed by atoms with Crippen molar-refractivity contribution in [3.63, 3.8) is 0 Å². The Kier molecular flexibility index (Phi) is 5.12. The molecule has 0 aromatic heterocycles. The van der Waals surface area contributed by atoms with Crippen LogP contribution in [0.25, 0.3) is 0 Å². The molecule has 2 fully saturated rings. The summed E-state index contributed by atoms with van der Waals surface area (Å²) in [5.74, 6) is -0.432. The fourth-order valence-electron chi connectivity index (χ4n) is 3.71. The molecule has 0 spiro atoms. The van der Waals surface area contributed by atoms with Crippen LogP contribution < -0.4 is 5.32 Å². The second-order valence-electron chi connectivity index (χ2n) is 7.08. The van der Waals surface area contributed by atoms with Gasteiger partial charge in [0.25, 0.3) is 5.91 Å². The lowest BCUT2D eigenvalue weighted by atomic mass is 9.90. The summed E-state index contributed by atoms with van der Waals surface area (Å²) in [5, 5.41) is 13.6. The van der Waals surface area contributed by atoms with Gasteiger partial charge in [0.05, 0.1) is 6.54 Å². The molecular weight excluding hydrogens is 282 g/mol. The van der Waals surface area contributed by atoms with Crippen LogP contribution in [0, 0.1) is 0 Å². The third-order valence-corrected chi connectivity index (χ3v) is 5.40. The number of β-amino-alcohol motifs (C(OH)–C–C–N with tert-alkyl or cyclic N) is 1. The number of hydrogen-bond donors (Lipinski definition) is 2. The van der Waals surface area contributed by atoms with E-state index >= 15 is 0 Å². The Balaban J connectivity index is 1.97. The lowest BCUT2D eigenvalue weighted by Gasteiger charge is -2.40. The van der Waals surface area contributed by atoms with Crippen molar-refractivity contribution in [2.45, 2.75) is 56.6 Å². The molecule has 2 rings (SSSR count). The number of rotatable bonds is 4. The Bertz CT molecular complexity index is 432. The molecule has 1 saturated carbocycles. The van der Waals surface area contributed by atoms with Crippen LogP contribution in [0.2, 0.25) is 0 Å². The number of likely N-dealkylation sites (tertiary alicyclic amines) is 1. The molecule has 1 atom stereocenters. The van der Waals surface area contributed by atoms with Crippen molar-refractivity contribution in [3.05, 3.63) is 0 Å². The quantitative estimate of drug-likeness (QED) is 0.786. The first kappa shape index (κ1) is 17.2. The molecule has 1 aliphatic heterocycles. The SMILES string of the molecule is CC(=O)N1CCC[C@@](O)(C(=O)NCC2(N(C)C)CCCC2)C1. The van der Waals surface area contributed by atoms with E-state index in [1.165, 1.54) is 19.8 Å². The van der Waals surface area contributed by atoms with E-state index in [1.54, 1.807) is 4.90 Å². The van der Waals surface area contributed by atoms with Crippen LogP contribution in [-0.4, -0.2) is 71.6 Å². The van der Waals surface area contributed by atoms with Gasteiger partial charge in [0, 0.05) is 25.6 Å². The van der Waals surface area contributed by atoms with Crippen LogP contribution in [-0.2, 0) is 9.59 Å². The van der Waals surface area contributed by atoms with Gasteiger partial charge in [0.15, 0.2) is 5.60 Å². The molecule has 0 radical (unpaired) electrons. The van der Waals surface area contributed by atoms with Gasteiger partial charge >= 0.3 is 0 Å². The zero-order valence-corrected chi connectivity index (χ0v) is 14.0. The largest absolute Gasteiger partial charge is 0.378 e. The Morgan fingerprint density at radius 1 is 1.18 bits per heavy atom. The van der Waals surface area contributed by atoms with Gasteiger partial charge in [-0.25, -0.2) is 0 Å². The number of carbonyl (C=O) groups is 2. The lowest BCUT2D eigenvalue weighted by Crippen LogP contribution is -2.60. The number of nitrogens with one attached hydrogen (secondary N) is 1. The number of hydrogen-bond acceptors (Lipinski definition) is 4. The molecule has 0 aromatic rings. The second-order valence-corrected chi connectivity index (χ2v) is 7.08. The normalized spacial score (nSPS) is 28.0. The Morgan fingerprint density at radius 2 is 1.82 bits per heavy atom. The highest BCUT2D eigenvalue weighted by Crippen LogP contribution is 2.33. The van der Waals surface area contributed by atoms with Gasteiger partial charge in [-0.1, -0.05) is 12.8 Å². The van der Waals surface area contributed by atoms with Gasteiger partial charge in [0.2, 0.25) is 5.91 Å². The van der Waals surface area contributed by atoms with E-state index in [9.17, 15) is 14.7 Å². The Morgan fingerprint density at radius 3 is 2.36 bits per heavy atom. The number of nitrogens with zero attached hydrogens (tertiary/aromatic N) is 2. The molecule has 2 amide bonds. The molecule has 1 saturated heterocycles. The number of aliphatic hydroxyl groups is 1. The average Bonchev–Trinajstić information content (AvgIpc) is 2.95. The molecule has 126 valence electrons. The molecule has 1 heterocycles. The maximum atomic E-state index is 12.5. The van der Waals surface area contributed by atoms with Gasteiger partial charge in [0.1, 0.15) is 0 Å². The number of amides is 2. The predicted molar refractivity (Wildman–Crippen MR) is 84.3 cm³/mol. The van der Waals surface area contributed by atoms with Crippen LogP contribution in [0.4, 0.5) is 0 Å². The highest BCUT2D eigenvalue weighted by atomic mass is 16.3. The molecule has 0 aromatic carbocycles. The third kappa shape index (κ3) is 3.43. The fourth-order valence-corrected chi connectivity index (χ4v) is 3.71. The van der Waals surface area contributed by atoms with E-state index in [0.29, 0.717) is 25.9 Å². The number of carbonyl (C=O) groups excluding carboxylic acids is 2. The average molecular weight is 311 g/mol. The van der Waals surface area contributed by atoms with Gasteiger partial charge < -0.3 is 20.2 Å². The minimum absolute atomic E-state index is 0.000942. The van der Waals surface area contributed by atoms with Crippen LogP contribution in [0.3, 0.4) is 0 Å². The molecule has 2 aliphatic rings. The first-order valence-corrected chi connectivity index (χ1v) is 8.23. The van der Waals surface area contributed by atoms with E-state index in [-0.39, 0.29) is 23.9 Å². The van der Waals surface area contributed by atoms with Crippen molar-refractivity contribution in [3.8, 4) is 0 Å². The summed E-state index contributed by atoms with van der Waals surface area (Å²) in [7, 11) is 4.09. The molecule has 6 nitrogen and oxygen atoms in total. The molecule has 6 heteroatoms. The van der Waals surface area contributed by atoms with Crippen LogP contribution in [0.15, 0.2) is 0 Å². The standard InChI is InChI=1S/C16H29N3O3/c1-13(20)19-10-6-9-16(22,12-19)14(21)17-11-15(18(2)3)7-4-5-8-15/h22H,4-12H2,1-3H3,(H,17,21)/t16-/m0/s1. The summed E-state index contributed by atoms with van der Waals surface area (Å²) in [6.07, 6.45) is 5.56. The van der Waals surface area contributed by atoms with Gasteiger partial charge in [-0.2, -0.15) is 0 Å². The summed E-state index contributed by atoms with van der Waals surface area (Å²) in [5.41, 5.74) is -1.45. The minimum Gasteiger partial charge on any atom is -0.378 e. The Labute approximate surface area is 132 Å². The van der Waals surface area contributed by atoms with E-state index < -0.39 is 5.60 Å². The van der Waals surface area contributed by atoms with E-state index in [4.69, 9.17) is 0 Å². The van der Waals surface area contributed by atoms with Crippen molar-refractivity contribution >= 4 is 11.8 Å². The minimum atomic E-state index is -1.45. The summed E-state index contributed by atoms with van der Waals surface area (Å²) < 4.78 is 0. The van der Waals surface area contributed by atoms with Crippen molar-refractivity contribution in [1.82, 2.24) is 15.1 Å². The van der Waals surface area contributed by atoms with Gasteiger partial charge in [-0.05, 0) is 39.8 Å². The summed E-state index contributed by atoms with van der Waals surface area (Å²) in [6, 6.07) is 0. The first-order valence-electron chi connectivity index (χ1n) is 8.23. The molecule has 0 unspecified atom stereocenters. The molecule has 2 N–H and O–H groups in total. The number of likely N-dealkylation sites (N-methyl/N-ethyl adjacent to an activating group) is 1. The molecule has 1 aliphatic carbocycles.